The molecule has 102 valence electrons. The van der Waals surface area contributed by atoms with Crippen LogP contribution in [0.15, 0.2) is 30.3 Å². The van der Waals surface area contributed by atoms with Gasteiger partial charge in [-0.05, 0) is 12.6 Å². The van der Waals surface area contributed by atoms with Gasteiger partial charge in [-0.1, -0.05) is 30.3 Å². The Balaban J connectivity index is 1.95. The second kappa shape index (κ2) is 6.33. The van der Waals surface area contributed by atoms with Gasteiger partial charge in [-0.25, -0.2) is 4.79 Å². The summed E-state index contributed by atoms with van der Waals surface area (Å²) in [6, 6.07) is 8.52. The number of urea groups is 1. The van der Waals surface area contributed by atoms with Gasteiger partial charge in [-0.2, -0.15) is 0 Å². The second-order valence-corrected chi connectivity index (χ2v) is 4.76. The van der Waals surface area contributed by atoms with Crippen molar-refractivity contribution in [3.63, 3.8) is 0 Å². The highest BCUT2D eigenvalue weighted by molar-refractivity contribution is 5.79. The molecule has 0 aliphatic carbocycles. The fraction of sp³-hybridized carbons (Fsp3) is 0.429. The molecular formula is C14H19N3O2. The quantitative estimate of drug-likeness (QED) is 0.822. The van der Waals surface area contributed by atoms with Crippen LogP contribution in [0.4, 0.5) is 4.79 Å². The monoisotopic (exact) mass is 261 g/mol. The van der Waals surface area contributed by atoms with E-state index < -0.39 is 6.04 Å². The lowest BCUT2D eigenvalue weighted by atomic mass is 10.1. The van der Waals surface area contributed by atoms with Crippen molar-refractivity contribution in [1.29, 1.82) is 0 Å². The molecule has 1 saturated heterocycles. The van der Waals surface area contributed by atoms with Gasteiger partial charge in [0.05, 0.1) is 0 Å². The molecule has 1 aliphatic heterocycles. The van der Waals surface area contributed by atoms with Crippen molar-refractivity contribution in [3.8, 4) is 0 Å². The minimum absolute atomic E-state index is 0.172. The molecular weight excluding hydrogens is 242 g/mol. The second-order valence-electron chi connectivity index (χ2n) is 4.76. The molecule has 1 aromatic rings. The van der Waals surface area contributed by atoms with Gasteiger partial charge in [0, 0.05) is 26.2 Å². The number of piperazine rings is 1. The van der Waals surface area contributed by atoms with Crippen LogP contribution in [0.5, 0.6) is 0 Å². The number of carbonyl (C=O) groups excluding carboxylic acids is 2. The van der Waals surface area contributed by atoms with E-state index in [1.807, 2.05) is 37.4 Å². The minimum atomic E-state index is -0.576. The van der Waals surface area contributed by atoms with Gasteiger partial charge < -0.3 is 19.9 Å². The fourth-order valence-corrected chi connectivity index (χ4v) is 2.09. The van der Waals surface area contributed by atoms with Crippen molar-refractivity contribution in [2.75, 3.05) is 33.2 Å². The number of benzene rings is 1. The molecule has 0 spiro atoms. The summed E-state index contributed by atoms with van der Waals surface area (Å²) in [5.41, 5.74) is 0.806. The number of nitrogens with one attached hydrogen (secondary N) is 1. The van der Waals surface area contributed by atoms with Crippen LogP contribution < -0.4 is 5.32 Å². The average molecular weight is 261 g/mol. The van der Waals surface area contributed by atoms with Gasteiger partial charge in [-0.15, -0.1) is 0 Å². The molecule has 0 saturated carbocycles. The number of nitrogens with zero attached hydrogens (tertiary/aromatic N) is 2. The van der Waals surface area contributed by atoms with Crippen molar-refractivity contribution >= 4 is 12.3 Å². The Morgan fingerprint density at radius 2 is 1.84 bits per heavy atom. The van der Waals surface area contributed by atoms with Crippen LogP contribution in [0.2, 0.25) is 0 Å². The van der Waals surface area contributed by atoms with E-state index in [4.69, 9.17) is 0 Å². The number of rotatable bonds is 3. The zero-order valence-electron chi connectivity index (χ0n) is 11.1. The van der Waals surface area contributed by atoms with Crippen LogP contribution in [0, 0.1) is 0 Å². The van der Waals surface area contributed by atoms with E-state index in [0.717, 1.165) is 24.9 Å². The van der Waals surface area contributed by atoms with E-state index in [-0.39, 0.29) is 6.03 Å². The third kappa shape index (κ3) is 3.54. The highest BCUT2D eigenvalue weighted by atomic mass is 16.2. The molecule has 1 aliphatic rings. The number of aldehydes is 1. The molecule has 1 heterocycles. The van der Waals surface area contributed by atoms with Crippen molar-refractivity contribution in [2.45, 2.75) is 6.04 Å². The molecule has 5 heteroatoms. The summed E-state index contributed by atoms with van der Waals surface area (Å²) >= 11 is 0. The van der Waals surface area contributed by atoms with Crippen LogP contribution in [0.25, 0.3) is 0 Å². The van der Waals surface area contributed by atoms with E-state index in [0.29, 0.717) is 13.1 Å². The minimum Gasteiger partial charge on any atom is -0.324 e. The molecule has 0 aromatic heterocycles. The Bertz CT molecular complexity index is 428. The van der Waals surface area contributed by atoms with Crippen molar-refractivity contribution in [2.24, 2.45) is 0 Å². The number of hydrogen-bond acceptors (Lipinski definition) is 3. The summed E-state index contributed by atoms with van der Waals surface area (Å²) in [4.78, 5) is 27.1. The van der Waals surface area contributed by atoms with Crippen molar-refractivity contribution in [3.05, 3.63) is 35.9 Å². The van der Waals surface area contributed by atoms with Gasteiger partial charge in [0.2, 0.25) is 0 Å². The third-order valence-electron chi connectivity index (χ3n) is 3.36. The first-order valence-electron chi connectivity index (χ1n) is 6.45. The van der Waals surface area contributed by atoms with Crippen LogP contribution >= 0.6 is 0 Å². The molecule has 2 amide bonds. The molecule has 0 radical (unpaired) electrons. The molecule has 19 heavy (non-hydrogen) atoms. The summed E-state index contributed by atoms with van der Waals surface area (Å²) in [7, 11) is 2.04. The fourth-order valence-electron chi connectivity index (χ4n) is 2.09. The smallest absolute Gasteiger partial charge is 0.318 e. The Hall–Kier alpha value is -1.88. The number of hydrogen-bond donors (Lipinski definition) is 1. The molecule has 1 fully saturated rings. The molecule has 1 N–H and O–H groups in total. The Labute approximate surface area is 113 Å². The average Bonchev–Trinajstić information content (AvgIpc) is 2.46. The largest absolute Gasteiger partial charge is 0.324 e. The third-order valence-corrected chi connectivity index (χ3v) is 3.36. The highest BCUT2D eigenvalue weighted by Gasteiger charge is 2.21. The van der Waals surface area contributed by atoms with Crippen LogP contribution in [-0.2, 0) is 4.79 Å². The first kappa shape index (κ1) is 13.5. The maximum absolute atomic E-state index is 12.1. The maximum atomic E-state index is 12.1. The molecule has 2 rings (SSSR count). The maximum Gasteiger partial charge on any atom is 0.318 e. The summed E-state index contributed by atoms with van der Waals surface area (Å²) in [5.74, 6) is 0. The van der Waals surface area contributed by atoms with Gasteiger partial charge in [0.25, 0.3) is 0 Å². The molecule has 0 unspecified atom stereocenters. The SMILES string of the molecule is CN1CCN(C(=O)N[C@@H](C=O)c2ccccc2)CC1. The van der Waals surface area contributed by atoms with Crippen LogP contribution in [-0.4, -0.2) is 55.3 Å². The Kier molecular flexibility index (Phi) is 4.52. The van der Waals surface area contributed by atoms with E-state index >= 15 is 0 Å². The summed E-state index contributed by atoms with van der Waals surface area (Å²) in [6.07, 6.45) is 0.767. The lowest BCUT2D eigenvalue weighted by molar-refractivity contribution is -0.109. The van der Waals surface area contributed by atoms with Gasteiger partial charge in [0.1, 0.15) is 12.3 Å². The Morgan fingerprint density at radius 3 is 2.42 bits per heavy atom. The summed E-state index contributed by atoms with van der Waals surface area (Å²) in [5, 5.41) is 2.77. The molecule has 0 bridgehead atoms. The van der Waals surface area contributed by atoms with Crippen molar-refractivity contribution < 1.29 is 9.59 Å². The normalized spacial score (nSPS) is 17.8. The predicted octanol–water partition coefficient (Wildman–Crippen LogP) is 0.884. The molecule has 1 atom stereocenters. The topological polar surface area (TPSA) is 52.6 Å². The van der Waals surface area contributed by atoms with Gasteiger partial charge in [-0.3, -0.25) is 0 Å². The zero-order valence-corrected chi connectivity index (χ0v) is 11.1. The van der Waals surface area contributed by atoms with E-state index in [2.05, 4.69) is 10.2 Å². The van der Waals surface area contributed by atoms with Crippen molar-refractivity contribution in [1.82, 2.24) is 15.1 Å². The van der Waals surface area contributed by atoms with Crippen LogP contribution in [0.3, 0.4) is 0 Å². The summed E-state index contributed by atoms with van der Waals surface area (Å²) < 4.78 is 0. The molecule has 1 aromatic carbocycles. The Morgan fingerprint density at radius 1 is 1.21 bits per heavy atom. The van der Waals surface area contributed by atoms with E-state index in [9.17, 15) is 9.59 Å². The molecule has 5 nitrogen and oxygen atoms in total. The zero-order chi connectivity index (χ0) is 13.7. The van der Waals surface area contributed by atoms with Crippen LogP contribution in [0.1, 0.15) is 11.6 Å². The highest BCUT2D eigenvalue weighted by Crippen LogP contribution is 2.11. The first-order valence-corrected chi connectivity index (χ1v) is 6.45. The van der Waals surface area contributed by atoms with Gasteiger partial charge >= 0.3 is 6.03 Å². The van der Waals surface area contributed by atoms with E-state index in [1.54, 1.807) is 4.90 Å². The van der Waals surface area contributed by atoms with Gasteiger partial charge in [0.15, 0.2) is 0 Å². The first-order chi connectivity index (χ1) is 9.20. The number of amides is 2. The predicted molar refractivity (Wildman–Crippen MR) is 72.8 cm³/mol. The standard InChI is InChI=1S/C14H19N3O2/c1-16-7-9-17(10-8-16)14(19)15-13(11-18)12-5-3-2-4-6-12/h2-6,11,13H,7-10H2,1H3,(H,15,19)/t13-/m0/s1. The lowest BCUT2D eigenvalue weighted by Crippen LogP contribution is -2.51. The van der Waals surface area contributed by atoms with E-state index in [1.165, 1.54) is 0 Å². The lowest BCUT2D eigenvalue weighted by Gasteiger charge is -2.33. The number of carbonyl (C=O) groups is 2. The number of likely N-dealkylation sites (N-methyl/N-ethyl adjacent to an activating group) is 1. The summed E-state index contributed by atoms with van der Waals surface area (Å²) in [6.45, 7) is 3.13.